The number of carbonyl (C=O) groups is 1. The fourth-order valence-electron chi connectivity index (χ4n) is 1.72. The standard InChI is InChI=1S/C11H18N4O2S/c1-9(2)15-8-12-13-11(15)18-7-10(16)14-3-5-17-6-4-14/h8-9H,3-7H2,1-2H3. The van der Waals surface area contributed by atoms with Crippen LogP contribution >= 0.6 is 11.8 Å². The summed E-state index contributed by atoms with van der Waals surface area (Å²) in [5.74, 6) is 0.549. The quantitative estimate of drug-likeness (QED) is 0.758. The molecule has 1 aromatic heterocycles. The van der Waals surface area contributed by atoms with Crippen molar-refractivity contribution in [1.82, 2.24) is 19.7 Å². The minimum absolute atomic E-state index is 0.140. The molecule has 1 amide bonds. The molecule has 7 heteroatoms. The Kier molecular flexibility index (Phi) is 4.60. The summed E-state index contributed by atoms with van der Waals surface area (Å²) in [4.78, 5) is 13.8. The van der Waals surface area contributed by atoms with E-state index >= 15 is 0 Å². The summed E-state index contributed by atoms with van der Waals surface area (Å²) in [7, 11) is 0. The molecule has 1 saturated heterocycles. The first-order valence-corrected chi connectivity index (χ1v) is 7.05. The van der Waals surface area contributed by atoms with Crippen LogP contribution in [0.25, 0.3) is 0 Å². The van der Waals surface area contributed by atoms with E-state index in [0.717, 1.165) is 5.16 Å². The summed E-state index contributed by atoms with van der Waals surface area (Å²) in [5, 5.41) is 8.71. The van der Waals surface area contributed by atoms with E-state index in [0.29, 0.717) is 38.1 Å². The SMILES string of the molecule is CC(C)n1cnnc1SCC(=O)N1CCOCC1. The van der Waals surface area contributed by atoms with Crippen molar-refractivity contribution in [2.45, 2.75) is 25.0 Å². The Morgan fingerprint density at radius 3 is 2.89 bits per heavy atom. The zero-order chi connectivity index (χ0) is 13.0. The van der Waals surface area contributed by atoms with Gasteiger partial charge >= 0.3 is 0 Å². The maximum Gasteiger partial charge on any atom is 0.233 e. The predicted octanol–water partition coefficient (Wildman–Crippen LogP) is 0.810. The molecule has 18 heavy (non-hydrogen) atoms. The van der Waals surface area contributed by atoms with Gasteiger partial charge in [-0.3, -0.25) is 4.79 Å². The van der Waals surface area contributed by atoms with E-state index in [1.165, 1.54) is 11.8 Å². The number of ether oxygens (including phenoxy) is 1. The van der Waals surface area contributed by atoms with E-state index in [-0.39, 0.29) is 5.91 Å². The largest absolute Gasteiger partial charge is 0.378 e. The van der Waals surface area contributed by atoms with E-state index in [1.54, 1.807) is 6.33 Å². The highest BCUT2D eigenvalue weighted by atomic mass is 32.2. The first-order valence-electron chi connectivity index (χ1n) is 6.06. The maximum atomic E-state index is 12.0. The fraction of sp³-hybridized carbons (Fsp3) is 0.727. The first kappa shape index (κ1) is 13.4. The van der Waals surface area contributed by atoms with Crippen LogP contribution in [0.3, 0.4) is 0 Å². The van der Waals surface area contributed by atoms with Crippen molar-refractivity contribution in [3.8, 4) is 0 Å². The Bertz CT molecular complexity index is 402. The summed E-state index contributed by atoms with van der Waals surface area (Å²) in [6, 6.07) is 0.306. The van der Waals surface area contributed by atoms with Crippen molar-refractivity contribution in [1.29, 1.82) is 0 Å². The van der Waals surface area contributed by atoms with Gasteiger partial charge in [-0.1, -0.05) is 11.8 Å². The molecule has 2 rings (SSSR count). The second-order valence-electron chi connectivity index (χ2n) is 4.40. The lowest BCUT2D eigenvalue weighted by molar-refractivity contribution is -0.132. The van der Waals surface area contributed by atoms with Crippen LogP contribution in [0.15, 0.2) is 11.5 Å². The number of morpholine rings is 1. The van der Waals surface area contributed by atoms with Crippen LogP contribution < -0.4 is 0 Å². The van der Waals surface area contributed by atoms with Gasteiger partial charge in [-0.25, -0.2) is 0 Å². The summed E-state index contributed by atoms with van der Waals surface area (Å²) in [5.41, 5.74) is 0. The molecule has 1 aliphatic heterocycles. The molecule has 0 saturated carbocycles. The number of nitrogens with zero attached hydrogens (tertiary/aromatic N) is 4. The van der Waals surface area contributed by atoms with Gasteiger partial charge in [0.25, 0.3) is 0 Å². The Morgan fingerprint density at radius 2 is 2.22 bits per heavy atom. The molecule has 0 radical (unpaired) electrons. The Hall–Kier alpha value is -1.08. The normalized spacial score (nSPS) is 16.3. The molecular formula is C11H18N4O2S. The zero-order valence-corrected chi connectivity index (χ0v) is 11.5. The molecule has 0 spiro atoms. The molecule has 0 unspecified atom stereocenters. The first-order chi connectivity index (χ1) is 8.68. The van der Waals surface area contributed by atoms with Gasteiger partial charge in [0.15, 0.2) is 5.16 Å². The summed E-state index contributed by atoms with van der Waals surface area (Å²) in [6.07, 6.45) is 1.70. The molecule has 0 aromatic carbocycles. The van der Waals surface area contributed by atoms with Gasteiger partial charge in [0.2, 0.25) is 5.91 Å². The monoisotopic (exact) mass is 270 g/mol. The third kappa shape index (κ3) is 3.23. The van der Waals surface area contributed by atoms with Gasteiger partial charge < -0.3 is 14.2 Å². The van der Waals surface area contributed by atoms with Gasteiger partial charge in [-0.2, -0.15) is 0 Å². The van der Waals surface area contributed by atoms with Crippen molar-refractivity contribution < 1.29 is 9.53 Å². The minimum Gasteiger partial charge on any atom is -0.378 e. The number of amides is 1. The number of carbonyl (C=O) groups excluding carboxylic acids is 1. The fourth-order valence-corrected chi connectivity index (χ4v) is 2.67. The second-order valence-corrected chi connectivity index (χ2v) is 5.34. The molecule has 1 fully saturated rings. The Labute approximate surface area is 111 Å². The van der Waals surface area contributed by atoms with Gasteiger partial charge in [-0.05, 0) is 13.8 Å². The van der Waals surface area contributed by atoms with E-state index in [4.69, 9.17) is 4.74 Å². The highest BCUT2D eigenvalue weighted by Gasteiger charge is 2.18. The Morgan fingerprint density at radius 1 is 1.50 bits per heavy atom. The highest BCUT2D eigenvalue weighted by Crippen LogP contribution is 2.19. The summed E-state index contributed by atoms with van der Waals surface area (Å²) in [6.45, 7) is 6.79. The Balaban J connectivity index is 1.86. The minimum atomic E-state index is 0.140. The van der Waals surface area contributed by atoms with E-state index in [1.807, 2.05) is 9.47 Å². The molecule has 0 N–H and O–H groups in total. The highest BCUT2D eigenvalue weighted by molar-refractivity contribution is 7.99. The van der Waals surface area contributed by atoms with Crippen LogP contribution in [0.2, 0.25) is 0 Å². The lowest BCUT2D eigenvalue weighted by Crippen LogP contribution is -2.41. The predicted molar refractivity (Wildman–Crippen MR) is 68.5 cm³/mol. The molecular weight excluding hydrogens is 252 g/mol. The number of hydrogen-bond donors (Lipinski definition) is 0. The molecule has 100 valence electrons. The molecule has 0 aliphatic carbocycles. The van der Waals surface area contributed by atoms with Crippen LogP contribution in [0.1, 0.15) is 19.9 Å². The maximum absolute atomic E-state index is 12.0. The topological polar surface area (TPSA) is 60.2 Å². The van der Waals surface area contributed by atoms with Crippen molar-refractivity contribution in [3.63, 3.8) is 0 Å². The van der Waals surface area contributed by atoms with E-state index in [2.05, 4.69) is 24.0 Å². The molecule has 2 heterocycles. The van der Waals surface area contributed by atoms with Crippen molar-refractivity contribution in [2.75, 3.05) is 32.1 Å². The molecule has 1 aliphatic rings. The molecule has 0 bridgehead atoms. The van der Waals surface area contributed by atoms with E-state index in [9.17, 15) is 4.79 Å². The van der Waals surface area contributed by atoms with Crippen molar-refractivity contribution in [3.05, 3.63) is 6.33 Å². The van der Waals surface area contributed by atoms with Gasteiger partial charge in [-0.15, -0.1) is 10.2 Å². The number of thioether (sulfide) groups is 1. The van der Waals surface area contributed by atoms with Gasteiger partial charge in [0.05, 0.1) is 19.0 Å². The van der Waals surface area contributed by atoms with Crippen LogP contribution in [0.5, 0.6) is 0 Å². The van der Waals surface area contributed by atoms with Crippen LogP contribution in [-0.4, -0.2) is 57.6 Å². The smallest absolute Gasteiger partial charge is 0.233 e. The number of rotatable bonds is 4. The average molecular weight is 270 g/mol. The van der Waals surface area contributed by atoms with Crippen LogP contribution in [0, 0.1) is 0 Å². The van der Waals surface area contributed by atoms with Crippen molar-refractivity contribution in [2.24, 2.45) is 0 Å². The molecule has 6 nitrogen and oxygen atoms in total. The number of hydrogen-bond acceptors (Lipinski definition) is 5. The molecule has 1 aromatic rings. The third-order valence-electron chi connectivity index (χ3n) is 2.79. The van der Waals surface area contributed by atoms with Crippen LogP contribution in [0.4, 0.5) is 0 Å². The lowest BCUT2D eigenvalue weighted by Gasteiger charge is -2.26. The summed E-state index contributed by atoms with van der Waals surface area (Å²) < 4.78 is 7.19. The van der Waals surface area contributed by atoms with E-state index < -0.39 is 0 Å². The van der Waals surface area contributed by atoms with Gasteiger partial charge in [0, 0.05) is 19.1 Å². The average Bonchev–Trinajstić information content (AvgIpc) is 2.85. The summed E-state index contributed by atoms with van der Waals surface area (Å²) >= 11 is 1.44. The third-order valence-corrected chi connectivity index (χ3v) is 3.73. The second kappa shape index (κ2) is 6.19. The zero-order valence-electron chi connectivity index (χ0n) is 10.7. The van der Waals surface area contributed by atoms with Crippen molar-refractivity contribution >= 4 is 17.7 Å². The van der Waals surface area contributed by atoms with Crippen LogP contribution in [-0.2, 0) is 9.53 Å². The number of aromatic nitrogens is 3. The molecule has 0 atom stereocenters. The van der Waals surface area contributed by atoms with Gasteiger partial charge in [0.1, 0.15) is 6.33 Å². The lowest BCUT2D eigenvalue weighted by atomic mass is 10.4.